The molecule has 0 radical (unpaired) electrons. The van der Waals surface area contributed by atoms with E-state index >= 15 is 0 Å². The summed E-state index contributed by atoms with van der Waals surface area (Å²) in [5.74, 6) is 3.93. The van der Waals surface area contributed by atoms with Gasteiger partial charge in [-0.1, -0.05) is 0 Å². The van der Waals surface area contributed by atoms with E-state index in [0.717, 1.165) is 59.9 Å². The normalized spacial score (nSPS) is 17.3. The van der Waals surface area contributed by atoms with E-state index in [1.54, 1.807) is 24.5 Å². The molecule has 3 aromatic rings. The molecule has 29 heavy (non-hydrogen) atoms. The fourth-order valence-electron chi connectivity index (χ4n) is 3.77. The van der Waals surface area contributed by atoms with Crippen LogP contribution in [-0.4, -0.2) is 33.6 Å². The Labute approximate surface area is 167 Å². The molecule has 1 fully saturated rings. The number of fused-ring (bicyclic) bond motifs is 1. The minimum Gasteiger partial charge on any atom is -0.381 e. The summed E-state index contributed by atoms with van der Waals surface area (Å²) in [4.78, 5) is 13.6. The number of allylic oxidation sites excluding steroid dienone is 5. The van der Waals surface area contributed by atoms with Gasteiger partial charge in [-0.2, -0.15) is 0 Å². The number of ether oxygens (including phenoxy) is 1. The second-order valence-corrected chi connectivity index (χ2v) is 7.10. The second kappa shape index (κ2) is 7.59. The molecule has 0 bridgehead atoms. The average molecular weight is 386 g/mol. The van der Waals surface area contributed by atoms with Crippen LogP contribution in [0.25, 0.3) is 22.3 Å². The zero-order valence-electron chi connectivity index (χ0n) is 15.8. The number of pyridine rings is 1. The van der Waals surface area contributed by atoms with Crippen molar-refractivity contribution in [1.82, 2.24) is 14.5 Å². The van der Waals surface area contributed by atoms with Gasteiger partial charge < -0.3 is 4.74 Å². The lowest BCUT2D eigenvalue weighted by Gasteiger charge is -2.21. The van der Waals surface area contributed by atoms with Gasteiger partial charge in [0.1, 0.15) is 11.6 Å². The van der Waals surface area contributed by atoms with Gasteiger partial charge >= 0.3 is 0 Å². The molecule has 5 nitrogen and oxygen atoms in total. The number of aromatic nitrogens is 3. The molecule has 144 valence electrons. The molecule has 0 atom stereocenters. The number of hydrogen-bond donors (Lipinski definition) is 0. The predicted molar refractivity (Wildman–Crippen MR) is 110 cm³/mol. The van der Waals surface area contributed by atoms with E-state index in [0.29, 0.717) is 5.92 Å². The Morgan fingerprint density at radius 3 is 2.72 bits per heavy atom. The summed E-state index contributed by atoms with van der Waals surface area (Å²) in [6, 6.07) is 8.25. The fraction of sp³-hybridized carbons (Fsp3) is 0.217. The average Bonchev–Trinajstić information content (AvgIpc) is 2.97. The standard InChI is InChI=1S/C23H19FN4O/c24-18-2-4-19(5-3-18)28-22-15-25-11-8-21(22)27-23(28)17-1-6-20(26-12-7-17)16-9-13-29-14-10-16/h1-8,11,15-16H,9-10,13-14H2. The summed E-state index contributed by atoms with van der Waals surface area (Å²) in [6.07, 6.45) is 11.4. The Morgan fingerprint density at radius 2 is 1.90 bits per heavy atom. The van der Waals surface area contributed by atoms with Crippen molar-refractivity contribution in [2.45, 2.75) is 12.8 Å². The lowest BCUT2D eigenvalue weighted by atomic mass is 9.96. The first-order valence-corrected chi connectivity index (χ1v) is 9.67. The molecule has 0 N–H and O–H groups in total. The van der Waals surface area contributed by atoms with Crippen LogP contribution < -0.4 is 0 Å². The molecule has 2 aliphatic rings. The van der Waals surface area contributed by atoms with Gasteiger partial charge in [-0.3, -0.25) is 9.55 Å². The van der Waals surface area contributed by atoms with Gasteiger partial charge in [-0.25, -0.2) is 14.4 Å². The fourth-order valence-corrected chi connectivity index (χ4v) is 3.77. The minimum absolute atomic E-state index is 0.275. The molecule has 0 unspecified atom stereocenters. The van der Waals surface area contributed by atoms with Crippen molar-refractivity contribution in [2.75, 3.05) is 13.2 Å². The molecule has 2 aliphatic heterocycles. The third kappa shape index (κ3) is 3.44. The highest BCUT2D eigenvalue weighted by Crippen LogP contribution is 2.29. The van der Waals surface area contributed by atoms with Crippen LogP contribution in [0.1, 0.15) is 18.7 Å². The monoisotopic (exact) mass is 386 g/mol. The van der Waals surface area contributed by atoms with E-state index in [9.17, 15) is 4.39 Å². The first kappa shape index (κ1) is 17.7. The van der Waals surface area contributed by atoms with E-state index in [1.165, 1.54) is 12.1 Å². The second-order valence-electron chi connectivity index (χ2n) is 7.10. The Morgan fingerprint density at radius 1 is 1.07 bits per heavy atom. The summed E-state index contributed by atoms with van der Waals surface area (Å²) >= 11 is 0. The van der Waals surface area contributed by atoms with E-state index < -0.39 is 0 Å². The number of rotatable bonds is 3. The third-order valence-corrected chi connectivity index (χ3v) is 5.29. The maximum atomic E-state index is 13.5. The number of aliphatic imine (C=N–C) groups is 1. The summed E-state index contributed by atoms with van der Waals surface area (Å²) in [5.41, 5.74) is 4.41. The Hall–Kier alpha value is -3.34. The Balaban J connectivity index is 1.62. The molecule has 4 heterocycles. The summed E-state index contributed by atoms with van der Waals surface area (Å²) in [5, 5.41) is 0. The van der Waals surface area contributed by atoms with Crippen LogP contribution in [0.4, 0.5) is 4.39 Å². The lowest BCUT2D eigenvalue weighted by molar-refractivity contribution is 0.0755. The number of benzene rings is 1. The largest absolute Gasteiger partial charge is 0.381 e. The highest BCUT2D eigenvalue weighted by atomic mass is 19.1. The molecule has 0 amide bonds. The molecule has 1 aromatic carbocycles. The Kier molecular flexibility index (Phi) is 4.64. The molecule has 5 rings (SSSR count). The van der Waals surface area contributed by atoms with Gasteiger partial charge in [0.25, 0.3) is 0 Å². The third-order valence-electron chi connectivity index (χ3n) is 5.29. The zero-order chi connectivity index (χ0) is 19.6. The van der Waals surface area contributed by atoms with Crippen LogP contribution in [0.5, 0.6) is 0 Å². The summed E-state index contributed by atoms with van der Waals surface area (Å²) in [6.45, 7) is 1.54. The van der Waals surface area contributed by atoms with Crippen molar-refractivity contribution < 1.29 is 9.13 Å². The van der Waals surface area contributed by atoms with E-state index in [1.807, 2.05) is 22.8 Å². The highest BCUT2D eigenvalue weighted by Gasteiger charge is 2.19. The zero-order valence-corrected chi connectivity index (χ0v) is 15.8. The highest BCUT2D eigenvalue weighted by molar-refractivity contribution is 5.88. The molecule has 0 saturated carbocycles. The van der Waals surface area contributed by atoms with Crippen molar-refractivity contribution in [3.63, 3.8) is 0 Å². The van der Waals surface area contributed by atoms with E-state index in [2.05, 4.69) is 21.9 Å². The van der Waals surface area contributed by atoms with Gasteiger partial charge in [0.05, 0.1) is 22.9 Å². The maximum Gasteiger partial charge on any atom is 0.146 e. The topological polar surface area (TPSA) is 52.3 Å². The van der Waals surface area contributed by atoms with Crippen LogP contribution in [0, 0.1) is 11.7 Å². The van der Waals surface area contributed by atoms with Crippen LogP contribution in [-0.2, 0) is 4.74 Å². The lowest BCUT2D eigenvalue weighted by Crippen LogP contribution is -2.16. The van der Waals surface area contributed by atoms with Crippen molar-refractivity contribution in [3.05, 3.63) is 78.3 Å². The minimum atomic E-state index is -0.275. The van der Waals surface area contributed by atoms with Crippen LogP contribution in [0.15, 0.2) is 71.6 Å². The maximum absolute atomic E-state index is 13.5. The summed E-state index contributed by atoms with van der Waals surface area (Å²) in [7, 11) is 0. The van der Waals surface area contributed by atoms with Crippen molar-refractivity contribution in [2.24, 2.45) is 10.9 Å². The number of hydrogen-bond acceptors (Lipinski definition) is 4. The molecule has 2 aromatic heterocycles. The molecule has 0 aliphatic carbocycles. The van der Waals surface area contributed by atoms with Gasteiger partial charge in [0.2, 0.25) is 0 Å². The molecule has 1 saturated heterocycles. The van der Waals surface area contributed by atoms with Gasteiger partial charge in [0.15, 0.2) is 0 Å². The first-order chi connectivity index (χ1) is 14.3. The quantitative estimate of drug-likeness (QED) is 0.666. The van der Waals surface area contributed by atoms with Crippen molar-refractivity contribution in [3.8, 4) is 5.69 Å². The SMILES string of the molecule is Fc1ccc(-n2c(C3=CC=C(C4CCOCC4)N=C=C3)nc3ccncc32)cc1. The van der Waals surface area contributed by atoms with Gasteiger partial charge in [0, 0.05) is 42.7 Å². The van der Waals surface area contributed by atoms with E-state index in [-0.39, 0.29) is 5.82 Å². The predicted octanol–water partition coefficient (Wildman–Crippen LogP) is 4.49. The smallest absolute Gasteiger partial charge is 0.146 e. The van der Waals surface area contributed by atoms with Crippen molar-refractivity contribution >= 4 is 22.5 Å². The molecular weight excluding hydrogens is 367 g/mol. The van der Waals surface area contributed by atoms with Gasteiger partial charge in [-0.15, -0.1) is 0 Å². The number of halogens is 1. The van der Waals surface area contributed by atoms with E-state index in [4.69, 9.17) is 9.72 Å². The molecule has 0 spiro atoms. The van der Waals surface area contributed by atoms with Crippen LogP contribution in [0.2, 0.25) is 0 Å². The number of imidazole rings is 1. The number of nitrogens with zero attached hydrogens (tertiary/aromatic N) is 4. The van der Waals surface area contributed by atoms with Crippen LogP contribution >= 0.6 is 0 Å². The Bertz CT molecular complexity index is 1180. The van der Waals surface area contributed by atoms with Gasteiger partial charge in [-0.05, 0) is 61.2 Å². The summed E-state index contributed by atoms with van der Waals surface area (Å²) < 4.78 is 20.9. The molecule has 6 heteroatoms. The first-order valence-electron chi connectivity index (χ1n) is 9.67. The van der Waals surface area contributed by atoms with Crippen LogP contribution in [0.3, 0.4) is 0 Å². The van der Waals surface area contributed by atoms with Crippen molar-refractivity contribution in [1.29, 1.82) is 0 Å². The molecular formula is C23H19FN4O.